The van der Waals surface area contributed by atoms with E-state index in [1.54, 1.807) is 7.11 Å². The van der Waals surface area contributed by atoms with E-state index < -0.39 is 0 Å². The lowest BCUT2D eigenvalue weighted by molar-refractivity contribution is 0.371. The number of halogens is 1. The first-order valence-electron chi connectivity index (χ1n) is 6.68. The summed E-state index contributed by atoms with van der Waals surface area (Å²) in [5.41, 5.74) is 17.2. The van der Waals surface area contributed by atoms with E-state index in [1.807, 2.05) is 0 Å². The van der Waals surface area contributed by atoms with Gasteiger partial charge in [-0.2, -0.15) is 0 Å². The third-order valence-electron chi connectivity index (χ3n) is 4.68. The first-order valence-corrected chi connectivity index (χ1v) is 7.47. The molecule has 1 fully saturated rings. The van der Waals surface area contributed by atoms with Gasteiger partial charge in [0, 0.05) is 21.5 Å². The van der Waals surface area contributed by atoms with Crippen LogP contribution in [0.5, 0.6) is 5.75 Å². The minimum Gasteiger partial charge on any atom is -0.496 e. The summed E-state index contributed by atoms with van der Waals surface area (Å²) in [6.45, 7) is 6.92. The average molecular weight is 327 g/mol. The lowest BCUT2D eigenvalue weighted by Crippen LogP contribution is -2.30. The van der Waals surface area contributed by atoms with Crippen LogP contribution in [-0.2, 0) is 0 Å². The van der Waals surface area contributed by atoms with Crippen molar-refractivity contribution in [1.29, 1.82) is 0 Å². The molecular formula is C15H23BrN2O. The predicted molar refractivity (Wildman–Crippen MR) is 82.6 cm³/mol. The van der Waals surface area contributed by atoms with Crippen LogP contribution in [0.3, 0.4) is 0 Å². The summed E-state index contributed by atoms with van der Waals surface area (Å²) >= 11 is 3.68. The van der Waals surface area contributed by atoms with E-state index in [-0.39, 0.29) is 11.5 Å². The molecule has 3 nitrogen and oxygen atoms in total. The molecule has 1 atom stereocenters. The monoisotopic (exact) mass is 326 g/mol. The maximum Gasteiger partial charge on any atom is 0.127 e. The quantitative estimate of drug-likeness (QED) is 0.893. The third-order valence-corrected chi connectivity index (χ3v) is 5.87. The smallest absolute Gasteiger partial charge is 0.127 e. The molecule has 4 N–H and O–H groups in total. The molecule has 0 radical (unpaired) electrons. The highest BCUT2D eigenvalue weighted by Crippen LogP contribution is 2.55. The largest absolute Gasteiger partial charge is 0.496 e. The van der Waals surface area contributed by atoms with Crippen molar-refractivity contribution in [3.05, 3.63) is 26.7 Å². The molecule has 0 aromatic heterocycles. The summed E-state index contributed by atoms with van der Waals surface area (Å²) < 4.78 is 6.77. The summed E-state index contributed by atoms with van der Waals surface area (Å²) in [6, 6.07) is -0.0527. The second-order valence-electron chi connectivity index (χ2n) is 5.68. The van der Waals surface area contributed by atoms with Gasteiger partial charge < -0.3 is 16.2 Å². The van der Waals surface area contributed by atoms with Gasteiger partial charge in [0.2, 0.25) is 0 Å². The van der Waals surface area contributed by atoms with Crippen molar-refractivity contribution in [2.75, 3.05) is 13.7 Å². The molecule has 0 aliphatic heterocycles. The van der Waals surface area contributed by atoms with E-state index in [2.05, 4.69) is 36.7 Å². The van der Waals surface area contributed by atoms with Crippen LogP contribution in [0, 0.1) is 26.2 Å². The zero-order valence-corrected chi connectivity index (χ0v) is 13.7. The van der Waals surface area contributed by atoms with Crippen molar-refractivity contribution in [3.8, 4) is 5.75 Å². The van der Waals surface area contributed by atoms with Gasteiger partial charge in [0.05, 0.1) is 7.11 Å². The van der Waals surface area contributed by atoms with E-state index in [0.717, 1.165) is 34.2 Å². The van der Waals surface area contributed by atoms with Crippen LogP contribution in [-0.4, -0.2) is 13.7 Å². The van der Waals surface area contributed by atoms with Gasteiger partial charge in [0.1, 0.15) is 5.75 Å². The molecule has 1 aliphatic rings. The summed E-state index contributed by atoms with van der Waals surface area (Å²) in [5, 5.41) is 0. The van der Waals surface area contributed by atoms with Crippen LogP contribution in [0.1, 0.15) is 41.1 Å². The number of nitrogens with two attached hydrogens (primary N) is 2. The van der Waals surface area contributed by atoms with Gasteiger partial charge in [0.15, 0.2) is 0 Å². The van der Waals surface area contributed by atoms with Crippen molar-refractivity contribution >= 4 is 15.9 Å². The molecule has 0 saturated heterocycles. The second-order valence-corrected chi connectivity index (χ2v) is 6.47. The molecule has 4 heteroatoms. The van der Waals surface area contributed by atoms with Gasteiger partial charge in [-0.05, 0) is 56.8 Å². The Morgan fingerprint density at radius 2 is 1.79 bits per heavy atom. The van der Waals surface area contributed by atoms with Crippen LogP contribution < -0.4 is 16.2 Å². The van der Waals surface area contributed by atoms with Crippen molar-refractivity contribution < 1.29 is 4.74 Å². The number of hydrogen-bond donors (Lipinski definition) is 2. The topological polar surface area (TPSA) is 61.3 Å². The number of benzene rings is 1. The van der Waals surface area contributed by atoms with Crippen LogP contribution in [0.2, 0.25) is 0 Å². The highest BCUT2D eigenvalue weighted by atomic mass is 79.9. The lowest BCUT2D eigenvalue weighted by atomic mass is 9.85. The first-order chi connectivity index (χ1) is 8.89. The van der Waals surface area contributed by atoms with Gasteiger partial charge in [0.25, 0.3) is 0 Å². The molecule has 1 aliphatic carbocycles. The van der Waals surface area contributed by atoms with Crippen molar-refractivity contribution in [1.82, 2.24) is 0 Å². The average Bonchev–Trinajstić information content (AvgIpc) is 3.20. The van der Waals surface area contributed by atoms with Crippen LogP contribution in [0.4, 0.5) is 0 Å². The zero-order valence-electron chi connectivity index (χ0n) is 12.1. The van der Waals surface area contributed by atoms with Crippen LogP contribution >= 0.6 is 15.9 Å². The SMILES string of the molecule is COc1c(C)c(C)c(Br)c(C)c1C(N)C1(CN)CC1. The standard InChI is InChI=1S/C15H23BrN2O/c1-8-9(2)13(19-4)11(10(3)12(8)16)14(18)15(7-17)5-6-15/h14H,5-7,17-18H2,1-4H3. The number of methoxy groups -OCH3 is 1. The number of ether oxygens (including phenoxy) is 1. The zero-order chi connectivity index (χ0) is 14.4. The van der Waals surface area contributed by atoms with Crippen LogP contribution in [0.15, 0.2) is 4.47 Å². The molecule has 19 heavy (non-hydrogen) atoms. The Hall–Kier alpha value is -0.580. The summed E-state index contributed by atoms with van der Waals surface area (Å²) in [7, 11) is 1.72. The van der Waals surface area contributed by atoms with Gasteiger partial charge in [-0.25, -0.2) is 0 Å². The summed E-state index contributed by atoms with van der Waals surface area (Å²) in [6.07, 6.45) is 2.22. The second kappa shape index (κ2) is 5.08. The highest BCUT2D eigenvalue weighted by Gasteiger charge is 2.48. The van der Waals surface area contributed by atoms with Gasteiger partial charge in [-0.1, -0.05) is 15.9 Å². The van der Waals surface area contributed by atoms with Gasteiger partial charge in [-0.3, -0.25) is 0 Å². The Morgan fingerprint density at radius 1 is 1.21 bits per heavy atom. The van der Waals surface area contributed by atoms with E-state index in [9.17, 15) is 0 Å². The molecule has 1 saturated carbocycles. The van der Waals surface area contributed by atoms with Crippen molar-refractivity contribution in [3.63, 3.8) is 0 Å². The molecule has 0 bridgehead atoms. The van der Waals surface area contributed by atoms with Crippen molar-refractivity contribution in [2.45, 2.75) is 39.7 Å². The normalized spacial score (nSPS) is 18.3. The van der Waals surface area contributed by atoms with Gasteiger partial charge >= 0.3 is 0 Å². The molecular weight excluding hydrogens is 304 g/mol. The Bertz CT molecular complexity index is 510. The lowest BCUT2D eigenvalue weighted by Gasteiger charge is -2.28. The van der Waals surface area contributed by atoms with Gasteiger partial charge in [-0.15, -0.1) is 0 Å². The molecule has 0 spiro atoms. The number of hydrogen-bond acceptors (Lipinski definition) is 3. The van der Waals surface area contributed by atoms with E-state index in [0.29, 0.717) is 6.54 Å². The maximum absolute atomic E-state index is 6.53. The molecule has 106 valence electrons. The fourth-order valence-corrected chi connectivity index (χ4v) is 3.36. The fraction of sp³-hybridized carbons (Fsp3) is 0.600. The minimum atomic E-state index is -0.0527. The minimum absolute atomic E-state index is 0.0527. The summed E-state index contributed by atoms with van der Waals surface area (Å²) in [5.74, 6) is 0.922. The summed E-state index contributed by atoms with van der Waals surface area (Å²) in [4.78, 5) is 0. The highest BCUT2D eigenvalue weighted by molar-refractivity contribution is 9.10. The van der Waals surface area contributed by atoms with E-state index in [1.165, 1.54) is 11.1 Å². The maximum atomic E-state index is 6.53. The Morgan fingerprint density at radius 3 is 2.21 bits per heavy atom. The Kier molecular flexibility index (Phi) is 3.96. The third kappa shape index (κ3) is 2.20. The Labute approximate surface area is 123 Å². The van der Waals surface area contributed by atoms with E-state index >= 15 is 0 Å². The van der Waals surface area contributed by atoms with E-state index in [4.69, 9.17) is 16.2 Å². The molecule has 0 heterocycles. The molecule has 2 rings (SSSR count). The Balaban J connectivity index is 2.62. The number of rotatable bonds is 4. The molecule has 0 amide bonds. The van der Waals surface area contributed by atoms with Crippen LogP contribution in [0.25, 0.3) is 0 Å². The fourth-order valence-electron chi connectivity index (χ4n) is 2.85. The predicted octanol–water partition coefficient (Wildman–Crippen LogP) is 3.12. The molecule has 1 aromatic rings. The van der Waals surface area contributed by atoms with Crippen molar-refractivity contribution in [2.24, 2.45) is 16.9 Å². The first kappa shape index (κ1) is 14.8. The molecule has 1 unspecified atom stereocenters. The molecule has 1 aromatic carbocycles.